The number of alkyl halides is 2. The molecule has 0 saturated carbocycles. The minimum Gasteiger partial charge on any atom is -0.377 e. The van der Waals surface area contributed by atoms with Crippen molar-refractivity contribution in [3.63, 3.8) is 0 Å². The molecule has 0 aliphatic carbocycles. The van der Waals surface area contributed by atoms with Crippen molar-refractivity contribution in [3.8, 4) is 0 Å². The second-order valence-corrected chi connectivity index (χ2v) is 11.2. The van der Waals surface area contributed by atoms with Crippen LogP contribution < -0.4 is 16.0 Å². The Labute approximate surface area is 188 Å². The van der Waals surface area contributed by atoms with Gasteiger partial charge in [-0.3, -0.25) is 9.89 Å². The summed E-state index contributed by atoms with van der Waals surface area (Å²) in [7, 11) is 0. The number of thioether (sulfide) groups is 1. The maximum Gasteiger partial charge on any atom is 0.249 e. The van der Waals surface area contributed by atoms with Crippen LogP contribution in [0.3, 0.4) is 0 Å². The average molecular weight is 456 g/mol. The van der Waals surface area contributed by atoms with Gasteiger partial charge in [-0.2, -0.15) is 0 Å². The number of likely N-dealkylation sites (tertiary alicyclic amines) is 1. The van der Waals surface area contributed by atoms with E-state index in [1.807, 2.05) is 6.08 Å². The van der Waals surface area contributed by atoms with Crippen molar-refractivity contribution < 1.29 is 13.9 Å². The average Bonchev–Trinajstić information content (AvgIpc) is 3.07. The molecule has 4 N–H and O–H groups in total. The Morgan fingerprint density at radius 1 is 1.42 bits per heavy atom. The molecule has 0 aromatic heterocycles. The molecule has 9 heteroatoms. The first-order chi connectivity index (χ1) is 14.6. The predicted octanol–water partition coefficient (Wildman–Crippen LogP) is 2.98. The lowest BCUT2D eigenvalue weighted by molar-refractivity contribution is -0.125. The molecule has 0 bridgehead atoms. The smallest absolute Gasteiger partial charge is 0.249 e. The number of halogens is 2. The Morgan fingerprint density at radius 2 is 2.19 bits per heavy atom. The van der Waals surface area contributed by atoms with E-state index in [2.05, 4.69) is 39.7 Å². The van der Waals surface area contributed by atoms with Crippen LogP contribution in [0.2, 0.25) is 0 Å². The van der Waals surface area contributed by atoms with E-state index in [1.165, 1.54) is 24.6 Å². The molecule has 6 nitrogen and oxygen atoms in total. The van der Waals surface area contributed by atoms with E-state index in [0.29, 0.717) is 4.91 Å². The number of piperidine rings is 1. The fraction of sp³-hybridized carbons (Fsp3) is 0.773. The van der Waals surface area contributed by atoms with E-state index >= 15 is 0 Å². The summed E-state index contributed by atoms with van der Waals surface area (Å²) in [5.41, 5.74) is 1.09. The Kier molecular flexibility index (Phi) is 6.68. The third-order valence-corrected chi connectivity index (χ3v) is 7.64. The van der Waals surface area contributed by atoms with Gasteiger partial charge in [0.05, 0.1) is 6.34 Å². The van der Waals surface area contributed by atoms with E-state index in [4.69, 9.17) is 0 Å². The number of rotatable bonds is 8. The molecular weight excluding hydrogens is 420 g/mol. The summed E-state index contributed by atoms with van der Waals surface area (Å²) in [6, 6.07) is 0.383. The molecule has 0 aromatic rings. The highest BCUT2D eigenvalue weighted by Gasteiger charge is 2.44. The fourth-order valence-corrected chi connectivity index (χ4v) is 6.50. The Balaban J connectivity index is 1.31. The van der Waals surface area contributed by atoms with Crippen LogP contribution >= 0.6 is 11.8 Å². The molecular formula is C22H35F2N5OS. The minimum absolute atomic E-state index is 0.144. The van der Waals surface area contributed by atoms with Gasteiger partial charge in [0, 0.05) is 37.2 Å². The van der Waals surface area contributed by atoms with Crippen molar-refractivity contribution in [2.75, 3.05) is 19.6 Å². The molecule has 2 saturated heterocycles. The summed E-state index contributed by atoms with van der Waals surface area (Å²) >= 11 is 1.40. The van der Waals surface area contributed by atoms with Gasteiger partial charge >= 0.3 is 0 Å². The van der Waals surface area contributed by atoms with Crippen molar-refractivity contribution in [3.05, 3.63) is 22.4 Å². The van der Waals surface area contributed by atoms with Gasteiger partial charge in [-0.05, 0) is 56.1 Å². The SMILES string of the molecule is C[C@@H](CC1(C)CN(C(O)[C@H]2CCCCN2)C1)NC1=C2C=C(CC(C)(F)F)SC2N=CN1. The van der Waals surface area contributed by atoms with Gasteiger partial charge in [0.2, 0.25) is 5.92 Å². The van der Waals surface area contributed by atoms with Crippen LogP contribution in [0.5, 0.6) is 0 Å². The first-order valence-electron chi connectivity index (χ1n) is 11.3. The number of nitrogens with one attached hydrogen (secondary N) is 3. The monoisotopic (exact) mass is 455 g/mol. The number of hydrogen-bond donors (Lipinski definition) is 4. The van der Waals surface area contributed by atoms with Crippen molar-refractivity contribution in [1.29, 1.82) is 0 Å². The highest BCUT2D eigenvalue weighted by atomic mass is 32.2. The van der Waals surface area contributed by atoms with Crippen LogP contribution in [0.4, 0.5) is 8.78 Å². The normalized spacial score (nSPS) is 30.2. The predicted molar refractivity (Wildman–Crippen MR) is 122 cm³/mol. The van der Waals surface area contributed by atoms with Crippen molar-refractivity contribution >= 4 is 18.1 Å². The summed E-state index contributed by atoms with van der Waals surface area (Å²) in [6.45, 7) is 8.13. The number of hydrogen-bond acceptors (Lipinski definition) is 7. The zero-order chi connectivity index (χ0) is 22.2. The molecule has 0 radical (unpaired) electrons. The zero-order valence-corrected chi connectivity index (χ0v) is 19.4. The summed E-state index contributed by atoms with van der Waals surface area (Å²) in [6.07, 6.45) is 7.22. The van der Waals surface area contributed by atoms with Gasteiger partial charge in [0.15, 0.2) is 0 Å². The molecule has 2 unspecified atom stereocenters. The van der Waals surface area contributed by atoms with Crippen molar-refractivity contribution in [2.24, 2.45) is 10.4 Å². The standard InChI is InChI=1S/C22H35F2N5OS/c1-14(9-21(2)11-29(12-21)20(30)17-6-4-5-7-25-17)28-18-16-8-15(10-22(3,23)24)31-19(16)27-13-26-18/h8,13-14,17,19-20,25,28,30H,4-7,9-12H2,1-3H3,(H,26,27)/t14-,17+,19?,20?/m0/s1. The number of fused-ring (bicyclic) bond motifs is 1. The maximum absolute atomic E-state index is 13.4. The summed E-state index contributed by atoms with van der Waals surface area (Å²) < 4.78 is 26.9. The topological polar surface area (TPSA) is 71.9 Å². The Morgan fingerprint density at radius 3 is 2.87 bits per heavy atom. The van der Waals surface area contributed by atoms with Gasteiger partial charge in [0.1, 0.15) is 17.4 Å². The number of aliphatic imine (C=N–C) groups is 1. The quantitative estimate of drug-likeness (QED) is 0.451. The molecule has 31 heavy (non-hydrogen) atoms. The Bertz CT molecular complexity index is 753. The molecule has 0 aromatic carbocycles. The molecule has 4 rings (SSSR count). The van der Waals surface area contributed by atoms with E-state index in [0.717, 1.165) is 50.8 Å². The highest BCUT2D eigenvalue weighted by Crippen LogP contribution is 2.43. The molecule has 2 fully saturated rings. The lowest BCUT2D eigenvalue weighted by Gasteiger charge is -2.53. The first-order valence-corrected chi connectivity index (χ1v) is 12.2. The van der Waals surface area contributed by atoms with Gasteiger partial charge in [-0.1, -0.05) is 25.1 Å². The van der Waals surface area contributed by atoms with Gasteiger partial charge < -0.3 is 21.1 Å². The van der Waals surface area contributed by atoms with Crippen LogP contribution in [-0.2, 0) is 0 Å². The van der Waals surface area contributed by atoms with Gasteiger partial charge in [0.25, 0.3) is 0 Å². The fourth-order valence-electron chi connectivity index (χ4n) is 5.24. The zero-order valence-electron chi connectivity index (χ0n) is 18.6. The van der Waals surface area contributed by atoms with E-state index < -0.39 is 12.2 Å². The molecule has 174 valence electrons. The highest BCUT2D eigenvalue weighted by molar-refractivity contribution is 8.04. The van der Waals surface area contributed by atoms with E-state index in [9.17, 15) is 13.9 Å². The molecule has 4 aliphatic rings. The van der Waals surface area contributed by atoms with Crippen molar-refractivity contribution in [2.45, 2.75) is 82.5 Å². The first kappa shape index (κ1) is 23.0. The number of nitrogens with zero attached hydrogens (tertiary/aromatic N) is 2. The number of aliphatic hydroxyl groups excluding tert-OH is 1. The second-order valence-electron chi connectivity index (χ2n) is 10.0. The summed E-state index contributed by atoms with van der Waals surface area (Å²) in [5, 5.41) is 20.7. The van der Waals surface area contributed by atoms with Crippen molar-refractivity contribution in [1.82, 2.24) is 20.9 Å². The van der Waals surface area contributed by atoms with Crippen LogP contribution in [0, 0.1) is 5.41 Å². The minimum atomic E-state index is -2.71. The summed E-state index contributed by atoms with van der Waals surface area (Å²) in [4.78, 5) is 7.24. The third-order valence-electron chi connectivity index (χ3n) is 6.48. The molecule has 0 amide bonds. The maximum atomic E-state index is 13.4. The van der Waals surface area contributed by atoms with Crippen LogP contribution in [-0.4, -0.2) is 65.6 Å². The van der Waals surface area contributed by atoms with Crippen LogP contribution in [0.1, 0.15) is 52.9 Å². The van der Waals surface area contributed by atoms with Crippen LogP contribution in [0.25, 0.3) is 0 Å². The lowest BCUT2D eigenvalue weighted by atomic mass is 9.76. The lowest BCUT2D eigenvalue weighted by Crippen LogP contribution is -2.64. The summed E-state index contributed by atoms with van der Waals surface area (Å²) in [5.74, 6) is -1.85. The molecule has 4 aliphatic heterocycles. The van der Waals surface area contributed by atoms with Gasteiger partial charge in [-0.15, -0.1) is 0 Å². The van der Waals surface area contributed by atoms with Gasteiger partial charge in [-0.25, -0.2) is 8.78 Å². The van der Waals surface area contributed by atoms with E-state index in [-0.39, 0.29) is 29.3 Å². The molecule has 0 spiro atoms. The number of aliphatic hydroxyl groups is 1. The third kappa shape index (κ3) is 5.61. The largest absolute Gasteiger partial charge is 0.377 e. The second kappa shape index (κ2) is 9.00. The molecule has 4 atom stereocenters. The van der Waals surface area contributed by atoms with E-state index in [1.54, 1.807) is 6.34 Å². The Hall–Kier alpha value is -1.16. The van der Waals surface area contributed by atoms with Crippen LogP contribution in [0.15, 0.2) is 27.4 Å². The molecule has 4 heterocycles. The number of allylic oxidation sites excluding steroid dienone is 1.